The van der Waals surface area contributed by atoms with Gasteiger partial charge in [0.25, 0.3) is 0 Å². The van der Waals surface area contributed by atoms with Crippen molar-refractivity contribution in [1.29, 1.82) is 0 Å². The molecule has 1 unspecified atom stereocenters. The molecule has 16 heavy (non-hydrogen) atoms. The van der Waals surface area contributed by atoms with Gasteiger partial charge in [-0.15, -0.1) is 0 Å². The van der Waals surface area contributed by atoms with Crippen LogP contribution in [0.25, 0.3) is 0 Å². The van der Waals surface area contributed by atoms with Gasteiger partial charge in [0.05, 0.1) is 6.61 Å². The predicted octanol–water partition coefficient (Wildman–Crippen LogP) is 0.548. The van der Waals surface area contributed by atoms with Gasteiger partial charge >= 0.3 is 0 Å². The number of hydrogen-bond donors (Lipinski definition) is 0. The van der Waals surface area contributed by atoms with E-state index in [2.05, 4.69) is 42.6 Å². The lowest BCUT2D eigenvalue weighted by atomic mass is 10.3. The average Bonchev–Trinajstić information content (AvgIpc) is 2.28. The van der Waals surface area contributed by atoms with E-state index in [4.69, 9.17) is 4.74 Å². The summed E-state index contributed by atoms with van der Waals surface area (Å²) in [5.41, 5.74) is 0. The Hall–Kier alpha value is -0.160. The van der Waals surface area contributed by atoms with Crippen molar-refractivity contribution in [2.45, 2.75) is 20.1 Å². The molecule has 96 valence electrons. The van der Waals surface area contributed by atoms with Crippen LogP contribution in [-0.2, 0) is 4.74 Å². The first-order valence-corrected chi connectivity index (χ1v) is 6.40. The van der Waals surface area contributed by atoms with E-state index in [1.165, 1.54) is 6.54 Å². The summed E-state index contributed by atoms with van der Waals surface area (Å²) in [6, 6.07) is 0. The Bertz CT molecular complexity index is 187. The molecule has 1 rings (SSSR count). The van der Waals surface area contributed by atoms with Crippen LogP contribution in [0.5, 0.6) is 0 Å². The van der Waals surface area contributed by atoms with Gasteiger partial charge in [0.2, 0.25) is 0 Å². The van der Waals surface area contributed by atoms with E-state index in [-0.39, 0.29) is 0 Å². The third-order valence-corrected chi connectivity index (χ3v) is 3.23. The van der Waals surface area contributed by atoms with Crippen LogP contribution in [0.4, 0.5) is 0 Å². The molecule has 4 heteroatoms. The first-order chi connectivity index (χ1) is 7.67. The number of rotatable bonds is 6. The Morgan fingerprint density at radius 3 is 2.50 bits per heavy atom. The van der Waals surface area contributed by atoms with Gasteiger partial charge in [0.15, 0.2) is 0 Å². The molecule has 0 amide bonds. The lowest BCUT2D eigenvalue weighted by molar-refractivity contribution is -0.100. The molecule has 1 heterocycles. The number of nitrogens with zero attached hydrogens (tertiary/aromatic N) is 3. The summed E-state index contributed by atoms with van der Waals surface area (Å²) in [5, 5.41) is 0. The number of likely N-dealkylation sites (N-methyl/N-ethyl adjacent to an activating group) is 3. The monoisotopic (exact) mass is 229 g/mol. The van der Waals surface area contributed by atoms with Gasteiger partial charge in [-0.1, -0.05) is 13.8 Å². The maximum absolute atomic E-state index is 5.97. The topological polar surface area (TPSA) is 19.0 Å². The van der Waals surface area contributed by atoms with E-state index in [1.807, 2.05) is 0 Å². The molecule has 4 nitrogen and oxygen atoms in total. The third kappa shape index (κ3) is 4.37. The summed E-state index contributed by atoms with van der Waals surface area (Å²) in [5.74, 6) is 0. The smallest absolute Gasteiger partial charge is 0.123 e. The Morgan fingerprint density at radius 2 is 1.94 bits per heavy atom. The van der Waals surface area contributed by atoms with E-state index in [9.17, 15) is 0 Å². The van der Waals surface area contributed by atoms with Crippen LogP contribution in [-0.4, -0.2) is 80.9 Å². The molecule has 0 aromatic heterocycles. The van der Waals surface area contributed by atoms with Gasteiger partial charge in [0, 0.05) is 26.2 Å². The van der Waals surface area contributed by atoms with Crippen molar-refractivity contribution in [3.8, 4) is 0 Å². The molecule has 1 fully saturated rings. The molecule has 1 atom stereocenters. The highest BCUT2D eigenvalue weighted by Gasteiger charge is 2.25. The standard InChI is InChI=1S/C12H27N3O/c1-5-14-7-8-15(6-2)12(11-14)16-10-9-13(3)4/h12H,5-11H2,1-4H3. The highest BCUT2D eigenvalue weighted by Crippen LogP contribution is 2.10. The number of ether oxygens (including phenoxy) is 1. The molecule has 0 aromatic rings. The Morgan fingerprint density at radius 1 is 1.19 bits per heavy atom. The second-order valence-electron chi connectivity index (χ2n) is 4.65. The fraction of sp³-hybridized carbons (Fsp3) is 1.00. The van der Waals surface area contributed by atoms with Gasteiger partial charge in [0.1, 0.15) is 6.23 Å². The summed E-state index contributed by atoms with van der Waals surface area (Å²) >= 11 is 0. The highest BCUT2D eigenvalue weighted by molar-refractivity contribution is 4.75. The number of piperazine rings is 1. The van der Waals surface area contributed by atoms with Crippen LogP contribution in [0.15, 0.2) is 0 Å². The molecular weight excluding hydrogens is 202 g/mol. The van der Waals surface area contributed by atoms with Crippen molar-refractivity contribution in [2.24, 2.45) is 0 Å². The molecule has 0 bridgehead atoms. The third-order valence-electron chi connectivity index (χ3n) is 3.23. The predicted molar refractivity (Wildman–Crippen MR) is 67.7 cm³/mol. The van der Waals surface area contributed by atoms with Crippen molar-refractivity contribution in [1.82, 2.24) is 14.7 Å². The summed E-state index contributed by atoms with van der Waals surface area (Å²) in [6.45, 7) is 11.8. The van der Waals surface area contributed by atoms with Crippen molar-refractivity contribution < 1.29 is 4.74 Å². The molecular formula is C12H27N3O. The van der Waals surface area contributed by atoms with Crippen LogP contribution in [0.2, 0.25) is 0 Å². The zero-order valence-corrected chi connectivity index (χ0v) is 11.3. The van der Waals surface area contributed by atoms with E-state index in [1.54, 1.807) is 0 Å². The van der Waals surface area contributed by atoms with Crippen LogP contribution in [0.3, 0.4) is 0 Å². The molecule has 0 aromatic carbocycles. The second kappa shape index (κ2) is 7.22. The zero-order chi connectivity index (χ0) is 12.0. The summed E-state index contributed by atoms with van der Waals surface area (Å²) in [4.78, 5) is 7.06. The number of hydrogen-bond acceptors (Lipinski definition) is 4. The van der Waals surface area contributed by atoms with Crippen LogP contribution >= 0.6 is 0 Å². The van der Waals surface area contributed by atoms with Crippen LogP contribution in [0.1, 0.15) is 13.8 Å². The zero-order valence-electron chi connectivity index (χ0n) is 11.3. The molecule has 0 aliphatic carbocycles. The normalized spacial score (nSPS) is 24.2. The Kier molecular flexibility index (Phi) is 6.28. The van der Waals surface area contributed by atoms with Crippen molar-refractivity contribution in [3.63, 3.8) is 0 Å². The molecule has 0 radical (unpaired) electrons. The average molecular weight is 229 g/mol. The van der Waals surface area contributed by atoms with E-state index in [0.29, 0.717) is 6.23 Å². The Balaban J connectivity index is 2.33. The lowest BCUT2D eigenvalue weighted by Crippen LogP contribution is -2.54. The first-order valence-electron chi connectivity index (χ1n) is 6.40. The molecule has 1 saturated heterocycles. The van der Waals surface area contributed by atoms with Crippen LogP contribution in [0, 0.1) is 0 Å². The van der Waals surface area contributed by atoms with Crippen LogP contribution < -0.4 is 0 Å². The van der Waals surface area contributed by atoms with E-state index < -0.39 is 0 Å². The van der Waals surface area contributed by atoms with Gasteiger partial charge in [-0.25, -0.2) is 0 Å². The molecule has 1 aliphatic rings. The minimum Gasteiger partial charge on any atom is -0.360 e. The van der Waals surface area contributed by atoms with Crippen molar-refractivity contribution >= 4 is 0 Å². The minimum atomic E-state index is 0.290. The minimum absolute atomic E-state index is 0.290. The van der Waals surface area contributed by atoms with Gasteiger partial charge in [-0.3, -0.25) is 9.80 Å². The second-order valence-corrected chi connectivity index (χ2v) is 4.65. The summed E-state index contributed by atoms with van der Waals surface area (Å²) in [6.07, 6.45) is 0.290. The maximum Gasteiger partial charge on any atom is 0.123 e. The van der Waals surface area contributed by atoms with Gasteiger partial charge in [-0.2, -0.15) is 0 Å². The molecule has 0 saturated carbocycles. The van der Waals surface area contributed by atoms with Gasteiger partial charge < -0.3 is 9.64 Å². The quantitative estimate of drug-likeness (QED) is 0.662. The maximum atomic E-state index is 5.97. The molecule has 1 aliphatic heterocycles. The van der Waals surface area contributed by atoms with Crippen molar-refractivity contribution in [3.05, 3.63) is 0 Å². The SMILES string of the molecule is CCN1CCN(CC)C(OCCN(C)C)C1. The first kappa shape index (κ1) is 13.9. The lowest BCUT2D eigenvalue weighted by Gasteiger charge is -2.40. The van der Waals surface area contributed by atoms with E-state index >= 15 is 0 Å². The fourth-order valence-electron chi connectivity index (χ4n) is 2.02. The fourth-order valence-corrected chi connectivity index (χ4v) is 2.02. The highest BCUT2D eigenvalue weighted by atomic mass is 16.5. The Labute approximate surface area is 100 Å². The molecule has 0 spiro atoms. The largest absolute Gasteiger partial charge is 0.360 e. The summed E-state index contributed by atoms with van der Waals surface area (Å²) in [7, 11) is 4.17. The van der Waals surface area contributed by atoms with E-state index in [0.717, 1.165) is 39.3 Å². The summed E-state index contributed by atoms with van der Waals surface area (Å²) < 4.78 is 5.97. The van der Waals surface area contributed by atoms with Crippen molar-refractivity contribution in [2.75, 3.05) is 60.0 Å². The van der Waals surface area contributed by atoms with Gasteiger partial charge in [-0.05, 0) is 27.2 Å². The molecule has 0 N–H and O–H groups in total.